The van der Waals surface area contributed by atoms with Crippen molar-refractivity contribution in [2.45, 2.75) is 59.0 Å². The first kappa shape index (κ1) is 15.5. The minimum absolute atomic E-state index is 0.0359. The molecule has 0 aliphatic carbocycles. The molecule has 1 aromatic rings. The number of benzene rings is 1. The molecule has 3 heteroatoms. The van der Waals surface area contributed by atoms with Crippen LogP contribution in [0.3, 0.4) is 0 Å². The molecule has 1 aromatic carbocycles. The van der Waals surface area contributed by atoms with Crippen molar-refractivity contribution in [3.63, 3.8) is 0 Å². The number of hydrogen-bond acceptors (Lipinski definition) is 2. The molecule has 0 heterocycles. The van der Waals surface area contributed by atoms with Gasteiger partial charge in [0.05, 0.1) is 0 Å². The van der Waals surface area contributed by atoms with Crippen molar-refractivity contribution in [1.82, 2.24) is 5.32 Å². The molecule has 0 saturated heterocycles. The minimum atomic E-state index is -0.238. The van der Waals surface area contributed by atoms with Gasteiger partial charge in [0.2, 0.25) is 5.91 Å². The van der Waals surface area contributed by atoms with E-state index in [4.69, 9.17) is 0 Å². The second kappa shape index (κ2) is 6.60. The zero-order valence-electron chi connectivity index (χ0n) is 12.7. The van der Waals surface area contributed by atoms with E-state index in [1.54, 1.807) is 0 Å². The Morgan fingerprint density at radius 3 is 2.58 bits per heavy atom. The highest BCUT2D eigenvalue weighted by molar-refractivity contribution is 5.84. The third-order valence-electron chi connectivity index (χ3n) is 3.46. The van der Waals surface area contributed by atoms with Crippen molar-refractivity contribution < 1.29 is 4.79 Å². The first-order valence-corrected chi connectivity index (χ1v) is 7.05. The highest BCUT2D eigenvalue weighted by Crippen LogP contribution is 2.13. The number of rotatable bonds is 6. The predicted molar refractivity (Wildman–Crippen MR) is 81.4 cm³/mol. The Morgan fingerprint density at radius 2 is 2.00 bits per heavy atom. The fourth-order valence-corrected chi connectivity index (χ4v) is 1.73. The fraction of sp³-hybridized carbons (Fsp3) is 0.562. The molecule has 0 spiro atoms. The van der Waals surface area contributed by atoms with Gasteiger partial charge in [0.15, 0.2) is 0 Å². The number of hydrogen-bond donors (Lipinski definition) is 2. The first-order chi connectivity index (χ1) is 8.88. The van der Waals surface area contributed by atoms with Crippen LogP contribution in [0, 0.1) is 0 Å². The average Bonchev–Trinajstić information content (AvgIpc) is 2.38. The minimum Gasteiger partial charge on any atom is -0.374 e. The van der Waals surface area contributed by atoms with Crippen LogP contribution in [0.25, 0.3) is 0 Å². The van der Waals surface area contributed by atoms with Crippen molar-refractivity contribution in [2.24, 2.45) is 0 Å². The Labute approximate surface area is 116 Å². The number of aryl methyl sites for hydroxylation is 1. The first-order valence-electron chi connectivity index (χ1n) is 7.05. The zero-order chi connectivity index (χ0) is 14.5. The number of carbonyl (C=O) groups excluding carboxylic acids is 1. The van der Waals surface area contributed by atoms with Crippen LogP contribution in [0.15, 0.2) is 24.3 Å². The summed E-state index contributed by atoms with van der Waals surface area (Å²) in [5.41, 5.74) is 2.11. The zero-order valence-corrected chi connectivity index (χ0v) is 12.7. The summed E-state index contributed by atoms with van der Waals surface area (Å²) >= 11 is 0. The van der Waals surface area contributed by atoms with Crippen molar-refractivity contribution in [2.75, 3.05) is 5.32 Å². The van der Waals surface area contributed by atoms with E-state index in [-0.39, 0.29) is 17.5 Å². The molecule has 3 nitrogen and oxygen atoms in total. The maximum absolute atomic E-state index is 12.1. The predicted octanol–water partition coefficient (Wildman–Crippen LogP) is 3.35. The SMILES string of the molecule is CCc1cccc(NC(C)C(=O)NC(C)(C)CC)c1. The van der Waals surface area contributed by atoms with E-state index >= 15 is 0 Å². The van der Waals surface area contributed by atoms with Gasteiger partial charge in [-0.3, -0.25) is 4.79 Å². The van der Waals surface area contributed by atoms with Gasteiger partial charge in [-0.25, -0.2) is 0 Å². The van der Waals surface area contributed by atoms with Gasteiger partial charge in [-0.05, 0) is 51.3 Å². The molecule has 0 aliphatic heterocycles. The summed E-state index contributed by atoms with van der Waals surface area (Å²) in [6.45, 7) is 10.2. The van der Waals surface area contributed by atoms with Gasteiger partial charge in [-0.15, -0.1) is 0 Å². The quantitative estimate of drug-likeness (QED) is 0.825. The largest absolute Gasteiger partial charge is 0.374 e. The number of nitrogens with one attached hydrogen (secondary N) is 2. The number of carbonyl (C=O) groups is 1. The summed E-state index contributed by atoms with van der Waals surface area (Å²) < 4.78 is 0. The Kier molecular flexibility index (Phi) is 5.40. The standard InChI is InChI=1S/C16H26N2O/c1-6-13-9-8-10-14(11-13)17-12(3)15(19)18-16(4,5)7-2/h8-12,17H,6-7H2,1-5H3,(H,18,19). The highest BCUT2D eigenvalue weighted by atomic mass is 16.2. The van der Waals surface area contributed by atoms with Crippen LogP contribution >= 0.6 is 0 Å². The van der Waals surface area contributed by atoms with Gasteiger partial charge >= 0.3 is 0 Å². The average molecular weight is 262 g/mol. The van der Waals surface area contributed by atoms with Crippen LogP contribution in [0.1, 0.15) is 46.6 Å². The van der Waals surface area contributed by atoms with E-state index in [9.17, 15) is 4.79 Å². The topological polar surface area (TPSA) is 41.1 Å². The van der Waals surface area contributed by atoms with Gasteiger partial charge in [-0.2, -0.15) is 0 Å². The third kappa shape index (κ3) is 4.93. The molecule has 1 amide bonds. The number of amides is 1. The lowest BCUT2D eigenvalue weighted by Crippen LogP contribution is -2.48. The van der Waals surface area contributed by atoms with Crippen LogP contribution in [0.5, 0.6) is 0 Å². The Morgan fingerprint density at radius 1 is 1.32 bits per heavy atom. The van der Waals surface area contributed by atoms with Crippen LogP contribution in [0.2, 0.25) is 0 Å². The molecule has 2 N–H and O–H groups in total. The lowest BCUT2D eigenvalue weighted by Gasteiger charge is -2.27. The maximum atomic E-state index is 12.1. The molecule has 1 unspecified atom stereocenters. The third-order valence-corrected chi connectivity index (χ3v) is 3.46. The lowest BCUT2D eigenvalue weighted by atomic mass is 10.0. The summed E-state index contributed by atoms with van der Waals surface area (Å²) in [7, 11) is 0. The van der Waals surface area contributed by atoms with E-state index in [1.807, 2.05) is 32.9 Å². The lowest BCUT2D eigenvalue weighted by molar-refractivity contribution is -0.123. The molecule has 0 fully saturated rings. The van der Waals surface area contributed by atoms with E-state index < -0.39 is 0 Å². The van der Waals surface area contributed by atoms with Crippen LogP contribution in [0.4, 0.5) is 5.69 Å². The van der Waals surface area contributed by atoms with Crippen molar-refractivity contribution >= 4 is 11.6 Å². The molecule has 19 heavy (non-hydrogen) atoms. The molecule has 0 aromatic heterocycles. The van der Waals surface area contributed by atoms with Crippen LogP contribution in [-0.2, 0) is 11.2 Å². The normalized spacial score (nSPS) is 12.9. The molecule has 1 rings (SSSR count). The molecule has 0 aliphatic rings. The summed E-state index contributed by atoms with van der Waals surface area (Å²) in [6.07, 6.45) is 1.91. The molecule has 1 atom stereocenters. The van der Waals surface area contributed by atoms with Crippen molar-refractivity contribution in [3.8, 4) is 0 Å². The highest BCUT2D eigenvalue weighted by Gasteiger charge is 2.21. The summed E-state index contributed by atoms with van der Waals surface area (Å²) in [4.78, 5) is 12.1. The van der Waals surface area contributed by atoms with Gasteiger partial charge in [0.1, 0.15) is 6.04 Å². The Bertz CT molecular complexity index is 427. The van der Waals surface area contributed by atoms with E-state index in [1.165, 1.54) is 5.56 Å². The van der Waals surface area contributed by atoms with Crippen LogP contribution in [-0.4, -0.2) is 17.5 Å². The van der Waals surface area contributed by atoms with Crippen molar-refractivity contribution in [1.29, 1.82) is 0 Å². The molecular weight excluding hydrogens is 236 g/mol. The smallest absolute Gasteiger partial charge is 0.242 e. The molecule has 0 radical (unpaired) electrons. The van der Waals surface area contributed by atoms with Gasteiger partial charge in [0.25, 0.3) is 0 Å². The van der Waals surface area contributed by atoms with Gasteiger partial charge in [0, 0.05) is 11.2 Å². The van der Waals surface area contributed by atoms with Crippen molar-refractivity contribution in [3.05, 3.63) is 29.8 Å². The molecular formula is C16H26N2O. The van der Waals surface area contributed by atoms with E-state index in [2.05, 4.69) is 36.6 Å². The number of anilines is 1. The van der Waals surface area contributed by atoms with Crippen LogP contribution < -0.4 is 10.6 Å². The van der Waals surface area contributed by atoms with Gasteiger partial charge < -0.3 is 10.6 Å². The summed E-state index contributed by atoms with van der Waals surface area (Å²) in [5, 5.41) is 6.30. The molecule has 0 bridgehead atoms. The van der Waals surface area contributed by atoms with Gasteiger partial charge in [-0.1, -0.05) is 26.0 Å². The van der Waals surface area contributed by atoms with E-state index in [0.717, 1.165) is 18.5 Å². The Hall–Kier alpha value is -1.51. The summed E-state index contributed by atoms with van der Waals surface area (Å²) in [6, 6.07) is 7.96. The Balaban J connectivity index is 2.63. The second-order valence-corrected chi connectivity index (χ2v) is 5.65. The maximum Gasteiger partial charge on any atom is 0.242 e. The monoisotopic (exact) mass is 262 g/mol. The molecule has 106 valence electrons. The second-order valence-electron chi connectivity index (χ2n) is 5.65. The molecule has 0 saturated carbocycles. The van der Waals surface area contributed by atoms with E-state index in [0.29, 0.717) is 0 Å². The fourth-order valence-electron chi connectivity index (χ4n) is 1.73. The summed E-state index contributed by atoms with van der Waals surface area (Å²) in [5.74, 6) is 0.0359.